The van der Waals surface area contributed by atoms with E-state index in [1.165, 1.54) is 11.1 Å². The number of amides is 1. The van der Waals surface area contributed by atoms with E-state index in [1.807, 2.05) is 7.05 Å². The molecule has 3 heteroatoms. The van der Waals surface area contributed by atoms with Gasteiger partial charge < -0.3 is 10.6 Å². The maximum absolute atomic E-state index is 10.6. The van der Waals surface area contributed by atoms with Crippen LogP contribution >= 0.6 is 0 Å². The maximum Gasteiger partial charge on any atom is 0.218 e. The summed E-state index contributed by atoms with van der Waals surface area (Å²) in [6.07, 6.45) is 0.419. The molecule has 1 rings (SSSR count). The minimum Gasteiger partial charge on any atom is -0.370 e. The van der Waals surface area contributed by atoms with Crippen LogP contribution in [0, 0.1) is 6.92 Å². The highest BCUT2D eigenvalue weighted by Gasteiger charge is 2.01. The zero-order valence-corrected chi connectivity index (χ0v) is 9.36. The highest BCUT2D eigenvalue weighted by atomic mass is 16.1. The second kappa shape index (κ2) is 5.51. The van der Waals surface area contributed by atoms with Crippen LogP contribution in [-0.2, 0) is 11.3 Å². The van der Waals surface area contributed by atoms with Crippen molar-refractivity contribution in [3.8, 4) is 0 Å². The molecule has 0 aliphatic heterocycles. The number of benzene rings is 1. The molecule has 0 atom stereocenters. The van der Waals surface area contributed by atoms with Gasteiger partial charge >= 0.3 is 0 Å². The molecule has 0 saturated heterocycles. The van der Waals surface area contributed by atoms with Gasteiger partial charge in [-0.05, 0) is 19.5 Å². The van der Waals surface area contributed by atoms with Crippen LogP contribution in [0.1, 0.15) is 17.5 Å². The van der Waals surface area contributed by atoms with Crippen molar-refractivity contribution in [1.82, 2.24) is 4.90 Å². The molecule has 0 fully saturated rings. The van der Waals surface area contributed by atoms with Crippen LogP contribution in [0.3, 0.4) is 0 Å². The molecule has 1 aromatic rings. The van der Waals surface area contributed by atoms with Crippen molar-refractivity contribution in [1.29, 1.82) is 0 Å². The highest BCUT2D eigenvalue weighted by Crippen LogP contribution is 2.05. The van der Waals surface area contributed by atoms with Crippen molar-refractivity contribution in [2.24, 2.45) is 5.73 Å². The van der Waals surface area contributed by atoms with Gasteiger partial charge in [0.05, 0.1) is 0 Å². The Kier molecular flexibility index (Phi) is 4.31. The summed E-state index contributed by atoms with van der Waals surface area (Å²) in [5.74, 6) is -0.245. The first-order valence-electron chi connectivity index (χ1n) is 5.10. The van der Waals surface area contributed by atoms with Crippen LogP contribution in [-0.4, -0.2) is 24.4 Å². The SMILES string of the molecule is Cc1ccc(CN(C)CCC(N)=O)cc1. The summed E-state index contributed by atoms with van der Waals surface area (Å²) >= 11 is 0. The van der Waals surface area contributed by atoms with E-state index >= 15 is 0 Å². The minimum absolute atomic E-state index is 0.245. The fourth-order valence-corrected chi connectivity index (χ4v) is 1.39. The van der Waals surface area contributed by atoms with Crippen molar-refractivity contribution in [3.63, 3.8) is 0 Å². The van der Waals surface area contributed by atoms with E-state index in [0.717, 1.165) is 6.54 Å². The van der Waals surface area contributed by atoms with Crippen LogP contribution in [0.25, 0.3) is 0 Å². The monoisotopic (exact) mass is 206 g/mol. The van der Waals surface area contributed by atoms with E-state index in [1.54, 1.807) is 0 Å². The molecule has 1 amide bonds. The Morgan fingerprint density at radius 3 is 2.47 bits per heavy atom. The number of nitrogens with two attached hydrogens (primary N) is 1. The van der Waals surface area contributed by atoms with Crippen LogP contribution in [0.15, 0.2) is 24.3 Å². The van der Waals surface area contributed by atoms with Crippen LogP contribution in [0.5, 0.6) is 0 Å². The Balaban J connectivity index is 2.40. The zero-order valence-electron chi connectivity index (χ0n) is 9.36. The predicted octanol–water partition coefficient (Wildman–Crippen LogP) is 1.30. The van der Waals surface area contributed by atoms with Gasteiger partial charge in [-0.25, -0.2) is 0 Å². The van der Waals surface area contributed by atoms with E-state index in [-0.39, 0.29) is 5.91 Å². The molecular weight excluding hydrogens is 188 g/mol. The summed E-state index contributed by atoms with van der Waals surface area (Å²) in [4.78, 5) is 12.7. The summed E-state index contributed by atoms with van der Waals surface area (Å²) in [7, 11) is 1.99. The van der Waals surface area contributed by atoms with Gasteiger partial charge in [0.2, 0.25) is 5.91 Å². The van der Waals surface area contributed by atoms with Crippen molar-refractivity contribution in [2.45, 2.75) is 19.9 Å². The average molecular weight is 206 g/mol. The Labute approximate surface area is 90.9 Å². The molecule has 2 N–H and O–H groups in total. The molecule has 3 nitrogen and oxygen atoms in total. The van der Waals surface area contributed by atoms with Crippen LogP contribution < -0.4 is 5.73 Å². The molecule has 15 heavy (non-hydrogen) atoms. The number of aryl methyl sites for hydroxylation is 1. The lowest BCUT2D eigenvalue weighted by Gasteiger charge is -2.15. The van der Waals surface area contributed by atoms with E-state index < -0.39 is 0 Å². The van der Waals surface area contributed by atoms with Gasteiger partial charge in [0.1, 0.15) is 0 Å². The molecular formula is C12H18N2O. The normalized spacial score (nSPS) is 10.6. The Hall–Kier alpha value is -1.35. The molecule has 0 bridgehead atoms. The first-order valence-corrected chi connectivity index (χ1v) is 5.10. The van der Waals surface area contributed by atoms with Crippen molar-refractivity contribution >= 4 is 5.91 Å². The van der Waals surface area contributed by atoms with Gasteiger partial charge in [0, 0.05) is 19.5 Å². The average Bonchev–Trinajstić information content (AvgIpc) is 2.19. The van der Waals surface area contributed by atoms with E-state index in [2.05, 4.69) is 36.1 Å². The van der Waals surface area contributed by atoms with Crippen molar-refractivity contribution in [3.05, 3.63) is 35.4 Å². The first kappa shape index (κ1) is 11.7. The Bertz CT molecular complexity index is 319. The topological polar surface area (TPSA) is 46.3 Å². The molecule has 0 unspecified atom stereocenters. The number of carbonyl (C=O) groups is 1. The summed E-state index contributed by atoms with van der Waals surface area (Å²) < 4.78 is 0. The third kappa shape index (κ3) is 4.61. The second-order valence-corrected chi connectivity index (χ2v) is 3.94. The number of nitrogens with zero attached hydrogens (tertiary/aromatic N) is 1. The fourth-order valence-electron chi connectivity index (χ4n) is 1.39. The van der Waals surface area contributed by atoms with Gasteiger partial charge in [-0.1, -0.05) is 29.8 Å². The summed E-state index contributed by atoms with van der Waals surface area (Å²) in [5.41, 5.74) is 7.61. The summed E-state index contributed by atoms with van der Waals surface area (Å²) in [5, 5.41) is 0. The number of rotatable bonds is 5. The zero-order chi connectivity index (χ0) is 11.3. The van der Waals surface area contributed by atoms with Gasteiger partial charge in [0.15, 0.2) is 0 Å². The maximum atomic E-state index is 10.6. The Morgan fingerprint density at radius 1 is 1.33 bits per heavy atom. The lowest BCUT2D eigenvalue weighted by molar-refractivity contribution is -0.118. The second-order valence-electron chi connectivity index (χ2n) is 3.94. The molecule has 0 spiro atoms. The molecule has 0 aliphatic carbocycles. The molecule has 0 aromatic heterocycles. The van der Waals surface area contributed by atoms with Crippen molar-refractivity contribution < 1.29 is 4.79 Å². The number of hydrogen-bond donors (Lipinski definition) is 1. The van der Waals surface area contributed by atoms with E-state index in [4.69, 9.17) is 5.73 Å². The highest BCUT2D eigenvalue weighted by molar-refractivity contribution is 5.73. The fraction of sp³-hybridized carbons (Fsp3) is 0.417. The number of carbonyl (C=O) groups excluding carboxylic acids is 1. The lowest BCUT2D eigenvalue weighted by atomic mass is 10.1. The lowest BCUT2D eigenvalue weighted by Crippen LogP contribution is -2.24. The van der Waals surface area contributed by atoms with Crippen LogP contribution in [0.2, 0.25) is 0 Å². The van der Waals surface area contributed by atoms with Gasteiger partial charge in [-0.3, -0.25) is 4.79 Å². The number of hydrogen-bond acceptors (Lipinski definition) is 2. The first-order chi connectivity index (χ1) is 7.08. The Morgan fingerprint density at radius 2 is 1.93 bits per heavy atom. The molecule has 0 heterocycles. The van der Waals surface area contributed by atoms with E-state index in [9.17, 15) is 4.79 Å². The summed E-state index contributed by atoms with van der Waals surface area (Å²) in [6, 6.07) is 8.40. The molecule has 0 radical (unpaired) electrons. The summed E-state index contributed by atoms with van der Waals surface area (Å²) in [6.45, 7) is 3.64. The molecule has 0 aliphatic rings. The molecule has 82 valence electrons. The third-order valence-corrected chi connectivity index (χ3v) is 2.31. The molecule has 1 aromatic carbocycles. The van der Waals surface area contributed by atoms with Crippen molar-refractivity contribution in [2.75, 3.05) is 13.6 Å². The molecule has 0 saturated carbocycles. The van der Waals surface area contributed by atoms with E-state index in [0.29, 0.717) is 13.0 Å². The minimum atomic E-state index is -0.245. The van der Waals surface area contributed by atoms with Gasteiger partial charge in [0.25, 0.3) is 0 Å². The number of primary amides is 1. The quantitative estimate of drug-likeness (QED) is 0.789. The largest absolute Gasteiger partial charge is 0.370 e. The van der Waals surface area contributed by atoms with Gasteiger partial charge in [-0.2, -0.15) is 0 Å². The smallest absolute Gasteiger partial charge is 0.218 e. The van der Waals surface area contributed by atoms with Gasteiger partial charge in [-0.15, -0.1) is 0 Å². The third-order valence-electron chi connectivity index (χ3n) is 2.31. The predicted molar refractivity (Wildman–Crippen MR) is 61.3 cm³/mol. The standard InChI is InChI=1S/C12H18N2O/c1-10-3-5-11(6-4-10)9-14(2)8-7-12(13)15/h3-6H,7-9H2,1-2H3,(H2,13,15). The van der Waals surface area contributed by atoms with Crippen LogP contribution in [0.4, 0.5) is 0 Å².